The molecule has 4 saturated carbocycles. The lowest BCUT2D eigenvalue weighted by molar-refractivity contribution is -0.175. The van der Waals surface area contributed by atoms with Crippen LogP contribution in [0.1, 0.15) is 78.6 Å². The third kappa shape index (κ3) is 3.11. The van der Waals surface area contributed by atoms with Gasteiger partial charge in [-0.05, 0) is 117 Å². The van der Waals surface area contributed by atoms with E-state index in [2.05, 4.69) is 25.7 Å². The van der Waals surface area contributed by atoms with E-state index in [-0.39, 0.29) is 10.8 Å². The van der Waals surface area contributed by atoms with Crippen LogP contribution in [0.3, 0.4) is 0 Å². The topological polar surface area (TPSA) is 23.5 Å². The SMILES string of the molecule is C[C@H]1CC[C@@H]2N(C1)C[C@@H]1[C@@H]3C[C@H]4[C@H](CC[C@H]5C(Cl)(Cl)[C@H](Cl)CC[C@]45C)[C@@H]3CC[C@@H]1[C@]2(C)O. The molecule has 32 heavy (non-hydrogen) atoms. The molecule has 0 bridgehead atoms. The molecule has 6 fully saturated rings. The maximum Gasteiger partial charge on any atom is 0.137 e. The zero-order chi connectivity index (χ0) is 22.6. The van der Waals surface area contributed by atoms with E-state index in [1.54, 1.807) is 0 Å². The molecule has 0 radical (unpaired) electrons. The van der Waals surface area contributed by atoms with Crippen LogP contribution >= 0.6 is 34.8 Å². The number of nitrogens with zero attached hydrogens (tertiary/aromatic N) is 1. The van der Waals surface area contributed by atoms with E-state index in [0.29, 0.717) is 23.8 Å². The second kappa shape index (κ2) is 7.64. The predicted molar refractivity (Wildman–Crippen MR) is 133 cm³/mol. The lowest BCUT2D eigenvalue weighted by atomic mass is 9.52. The summed E-state index contributed by atoms with van der Waals surface area (Å²) in [4.78, 5) is 2.70. The number of hydrogen-bond donors (Lipinski definition) is 1. The van der Waals surface area contributed by atoms with Gasteiger partial charge in [0.25, 0.3) is 0 Å². The Morgan fingerprint density at radius 3 is 2.34 bits per heavy atom. The summed E-state index contributed by atoms with van der Waals surface area (Å²) in [6.07, 6.45) is 10.8. The minimum Gasteiger partial charge on any atom is -0.388 e. The van der Waals surface area contributed by atoms with Gasteiger partial charge in [-0.3, -0.25) is 4.90 Å². The van der Waals surface area contributed by atoms with Gasteiger partial charge < -0.3 is 5.11 Å². The van der Waals surface area contributed by atoms with Crippen LogP contribution in [-0.4, -0.2) is 44.4 Å². The van der Waals surface area contributed by atoms with Gasteiger partial charge in [-0.2, -0.15) is 0 Å². The smallest absolute Gasteiger partial charge is 0.137 e. The van der Waals surface area contributed by atoms with E-state index < -0.39 is 9.93 Å². The number of piperidine rings is 2. The van der Waals surface area contributed by atoms with Crippen LogP contribution in [0.15, 0.2) is 0 Å². The monoisotopic (exact) mass is 501 g/mol. The molecule has 182 valence electrons. The maximum absolute atomic E-state index is 11.9. The molecule has 0 spiro atoms. The van der Waals surface area contributed by atoms with Crippen molar-refractivity contribution in [2.24, 2.45) is 52.8 Å². The summed E-state index contributed by atoms with van der Waals surface area (Å²) in [5.41, 5.74) is -0.323. The largest absolute Gasteiger partial charge is 0.388 e. The van der Waals surface area contributed by atoms with Crippen molar-refractivity contribution >= 4 is 34.8 Å². The summed E-state index contributed by atoms with van der Waals surface area (Å²) in [7, 11) is 0. The van der Waals surface area contributed by atoms with Crippen molar-refractivity contribution in [3.8, 4) is 0 Å². The van der Waals surface area contributed by atoms with Crippen LogP contribution in [0, 0.1) is 52.8 Å². The van der Waals surface area contributed by atoms with Gasteiger partial charge in [-0.25, -0.2) is 0 Å². The maximum atomic E-state index is 11.9. The molecule has 0 aromatic carbocycles. The van der Waals surface area contributed by atoms with E-state index in [4.69, 9.17) is 34.8 Å². The van der Waals surface area contributed by atoms with Crippen molar-refractivity contribution in [2.75, 3.05) is 13.1 Å². The highest BCUT2D eigenvalue weighted by Gasteiger charge is 2.66. The Kier molecular flexibility index (Phi) is 5.54. The first-order valence-electron chi connectivity index (χ1n) is 13.5. The molecule has 1 N–H and O–H groups in total. The summed E-state index contributed by atoms with van der Waals surface area (Å²) in [6, 6.07) is 0.370. The first-order chi connectivity index (χ1) is 15.0. The quantitative estimate of drug-likeness (QED) is 0.371. The van der Waals surface area contributed by atoms with Gasteiger partial charge in [-0.1, -0.05) is 37.0 Å². The summed E-state index contributed by atoms with van der Waals surface area (Å²) in [5.74, 6) is 5.34. The third-order valence-corrected chi connectivity index (χ3v) is 13.9. The lowest BCUT2D eigenvalue weighted by Gasteiger charge is -2.60. The third-order valence-electron chi connectivity index (χ3n) is 12.1. The van der Waals surface area contributed by atoms with E-state index in [1.165, 1.54) is 58.0 Å². The molecule has 0 unspecified atom stereocenters. The Morgan fingerprint density at radius 2 is 1.56 bits per heavy atom. The van der Waals surface area contributed by atoms with Gasteiger partial charge in [0.2, 0.25) is 0 Å². The number of hydrogen-bond acceptors (Lipinski definition) is 2. The molecule has 6 aliphatic rings. The molecule has 2 nitrogen and oxygen atoms in total. The summed E-state index contributed by atoms with van der Waals surface area (Å²) < 4.78 is -0.790. The molecule has 0 amide bonds. The van der Waals surface area contributed by atoms with Crippen molar-refractivity contribution in [1.29, 1.82) is 0 Å². The minimum atomic E-state index is -0.790. The fourth-order valence-corrected chi connectivity index (χ4v) is 11.8. The summed E-state index contributed by atoms with van der Waals surface area (Å²) in [5, 5.41) is 11.7. The first kappa shape index (κ1) is 23.2. The average Bonchev–Trinajstić information content (AvgIpc) is 3.11. The van der Waals surface area contributed by atoms with Crippen LogP contribution < -0.4 is 0 Å². The highest BCUT2D eigenvalue weighted by Crippen LogP contribution is 2.70. The van der Waals surface area contributed by atoms with E-state index >= 15 is 0 Å². The molecule has 4 aliphatic carbocycles. The second-order valence-electron chi connectivity index (χ2n) is 13.4. The standard InChI is InChI=1S/C27H42Cl3NO/c1-15-4-9-24-26(3,32)20-7-5-16-17-6-8-22-25(2,11-10-23(28)27(22,29)30)21(17)12-18(16)19(20)14-31(24)13-15/h15-24,32H,4-14H2,1-3H3/t15-,16-,17+,18+,19+,20-,21-,22+,23+,24-,25+,26-/m0/s1. The van der Waals surface area contributed by atoms with Crippen LogP contribution in [-0.2, 0) is 0 Å². The Balaban J connectivity index is 1.30. The van der Waals surface area contributed by atoms with Gasteiger partial charge in [0.1, 0.15) is 4.33 Å². The van der Waals surface area contributed by atoms with E-state index in [9.17, 15) is 5.11 Å². The zero-order valence-electron chi connectivity index (χ0n) is 20.1. The first-order valence-corrected chi connectivity index (χ1v) is 14.7. The van der Waals surface area contributed by atoms with Gasteiger partial charge in [0.05, 0.1) is 11.0 Å². The van der Waals surface area contributed by atoms with Crippen molar-refractivity contribution in [3.05, 3.63) is 0 Å². The highest BCUT2D eigenvalue weighted by molar-refractivity contribution is 6.52. The zero-order valence-corrected chi connectivity index (χ0v) is 22.3. The molecular formula is C27H42Cl3NO. The number of fused-ring (bicyclic) bond motifs is 8. The molecular weight excluding hydrogens is 461 g/mol. The number of rotatable bonds is 0. The van der Waals surface area contributed by atoms with Gasteiger partial charge in [-0.15, -0.1) is 11.6 Å². The predicted octanol–water partition coefficient (Wildman–Crippen LogP) is 6.74. The molecule has 0 aromatic rings. The molecule has 5 heteroatoms. The van der Waals surface area contributed by atoms with Gasteiger partial charge in [0.15, 0.2) is 0 Å². The Hall–Kier alpha value is 0.790. The van der Waals surface area contributed by atoms with Crippen LogP contribution in [0.25, 0.3) is 0 Å². The minimum absolute atomic E-state index is 0.125. The fourth-order valence-electron chi connectivity index (χ4n) is 10.6. The Labute approximate surface area is 210 Å². The molecule has 2 saturated heterocycles. The average molecular weight is 503 g/mol. The van der Waals surface area contributed by atoms with E-state index in [1.807, 2.05) is 0 Å². The lowest BCUT2D eigenvalue weighted by Crippen LogP contribution is -2.67. The van der Waals surface area contributed by atoms with Crippen molar-refractivity contribution in [3.63, 3.8) is 0 Å². The molecule has 6 rings (SSSR count). The second-order valence-corrected chi connectivity index (χ2v) is 15.3. The van der Waals surface area contributed by atoms with Crippen molar-refractivity contribution in [1.82, 2.24) is 4.90 Å². The number of halogens is 3. The molecule has 0 aromatic heterocycles. The van der Waals surface area contributed by atoms with Gasteiger partial charge in [0, 0.05) is 19.1 Å². The Morgan fingerprint density at radius 1 is 0.812 bits per heavy atom. The molecule has 2 heterocycles. The summed E-state index contributed by atoms with van der Waals surface area (Å²) >= 11 is 20.6. The Bertz CT molecular complexity index is 757. The number of aliphatic hydroxyl groups is 1. The molecule has 2 aliphatic heterocycles. The normalized spacial score (nSPS) is 59.3. The van der Waals surface area contributed by atoms with Crippen LogP contribution in [0.4, 0.5) is 0 Å². The van der Waals surface area contributed by atoms with Crippen molar-refractivity contribution in [2.45, 2.75) is 99.9 Å². The number of alkyl halides is 3. The van der Waals surface area contributed by atoms with Crippen LogP contribution in [0.2, 0.25) is 0 Å². The molecule has 12 atom stereocenters. The summed E-state index contributed by atoms with van der Waals surface area (Å²) in [6.45, 7) is 9.48. The van der Waals surface area contributed by atoms with Gasteiger partial charge >= 0.3 is 0 Å². The highest BCUT2D eigenvalue weighted by atomic mass is 35.5. The fraction of sp³-hybridized carbons (Fsp3) is 1.00. The van der Waals surface area contributed by atoms with E-state index in [0.717, 1.165) is 42.4 Å². The van der Waals surface area contributed by atoms with Crippen molar-refractivity contribution < 1.29 is 5.11 Å². The van der Waals surface area contributed by atoms with Crippen LogP contribution in [0.5, 0.6) is 0 Å².